The lowest BCUT2D eigenvalue weighted by molar-refractivity contribution is -0.117. The maximum absolute atomic E-state index is 13.0. The Morgan fingerprint density at radius 1 is 1.21 bits per heavy atom. The van der Waals surface area contributed by atoms with Gasteiger partial charge in [-0.3, -0.25) is 4.79 Å². The Morgan fingerprint density at radius 3 is 2.62 bits per heavy atom. The van der Waals surface area contributed by atoms with E-state index in [2.05, 4.69) is 22.3 Å². The molecular weight excluding hydrogens is 458 g/mol. The summed E-state index contributed by atoms with van der Waals surface area (Å²) in [5, 5.41) is 8.22. The number of carbonyl (C=O) groups excluding carboxylic acids is 1. The Labute approximate surface area is 199 Å². The monoisotopic (exact) mass is 483 g/mol. The molecule has 4 aromatic rings. The quantitative estimate of drug-likeness (QED) is 0.449. The summed E-state index contributed by atoms with van der Waals surface area (Å²) in [6.07, 6.45) is 4.55. The summed E-state index contributed by atoms with van der Waals surface area (Å²) in [4.78, 5) is 32.5. The van der Waals surface area contributed by atoms with E-state index in [9.17, 15) is 9.59 Å². The van der Waals surface area contributed by atoms with Crippen molar-refractivity contribution in [1.29, 1.82) is 0 Å². The molecule has 10 nitrogen and oxygen atoms in total. The van der Waals surface area contributed by atoms with Crippen LogP contribution in [0.2, 0.25) is 0 Å². The van der Waals surface area contributed by atoms with Gasteiger partial charge >= 0.3 is 5.69 Å². The van der Waals surface area contributed by atoms with Crippen molar-refractivity contribution in [3.8, 4) is 17.2 Å². The van der Waals surface area contributed by atoms with Crippen molar-refractivity contribution in [2.45, 2.75) is 32.7 Å². The average molecular weight is 484 g/mol. The van der Waals surface area contributed by atoms with E-state index in [-0.39, 0.29) is 6.54 Å². The molecule has 0 radical (unpaired) electrons. The van der Waals surface area contributed by atoms with E-state index in [1.54, 1.807) is 23.5 Å². The van der Waals surface area contributed by atoms with Crippen LogP contribution < -0.4 is 25.2 Å². The van der Waals surface area contributed by atoms with Gasteiger partial charge in [0.05, 0.1) is 26.7 Å². The molecule has 0 fully saturated rings. The fraction of sp³-hybridized carbons (Fsp3) is 0.391. The Morgan fingerprint density at radius 2 is 1.94 bits per heavy atom. The van der Waals surface area contributed by atoms with Gasteiger partial charge in [-0.15, -0.1) is 16.4 Å². The molecule has 0 saturated carbocycles. The fourth-order valence-electron chi connectivity index (χ4n) is 4.46. The van der Waals surface area contributed by atoms with Crippen molar-refractivity contribution >= 4 is 38.8 Å². The zero-order valence-electron chi connectivity index (χ0n) is 19.4. The second kappa shape index (κ2) is 8.64. The second-order valence-electron chi connectivity index (χ2n) is 8.37. The van der Waals surface area contributed by atoms with E-state index in [0.717, 1.165) is 29.5 Å². The summed E-state index contributed by atoms with van der Waals surface area (Å²) >= 11 is 1.67. The van der Waals surface area contributed by atoms with Crippen LogP contribution in [0, 0.1) is 5.92 Å². The number of aryl methyl sites for hydroxylation is 1. The second-order valence-corrected chi connectivity index (χ2v) is 9.46. The number of amides is 1. The molecule has 0 unspecified atom stereocenters. The predicted octanol–water partition coefficient (Wildman–Crippen LogP) is 2.90. The van der Waals surface area contributed by atoms with E-state index in [4.69, 9.17) is 14.2 Å². The predicted molar refractivity (Wildman–Crippen MR) is 129 cm³/mol. The molecule has 1 aliphatic rings. The third-order valence-electron chi connectivity index (χ3n) is 6.12. The molecule has 0 spiro atoms. The van der Waals surface area contributed by atoms with Gasteiger partial charge in [0.25, 0.3) is 0 Å². The maximum atomic E-state index is 13.0. The highest BCUT2D eigenvalue weighted by Gasteiger charge is 2.24. The summed E-state index contributed by atoms with van der Waals surface area (Å²) in [6, 6.07) is 3.25. The van der Waals surface area contributed by atoms with E-state index in [1.165, 1.54) is 47.2 Å². The number of fused-ring (bicyclic) bond motifs is 5. The largest absolute Gasteiger partial charge is 0.493 e. The number of ether oxygens (including phenoxy) is 3. The molecule has 3 heterocycles. The molecule has 3 aromatic heterocycles. The van der Waals surface area contributed by atoms with Crippen molar-refractivity contribution in [3.05, 3.63) is 39.4 Å². The number of benzene rings is 1. The highest BCUT2D eigenvalue weighted by atomic mass is 32.1. The Balaban J connectivity index is 1.46. The van der Waals surface area contributed by atoms with Gasteiger partial charge in [0.15, 0.2) is 17.1 Å². The molecule has 0 aliphatic heterocycles. The zero-order valence-corrected chi connectivity index (χ0v) is 20.2. The fourth-order valence-corrected chi connectivity index (χ4v) is 5.80. The smallest absolute Gasteiger partial charge is 0.352 e. The van der Waals surface area contributed by atoms with Gasteiger partial charge in [0.1, 0.15) is 17.7 Å². The Bertz CT molecular complexity index is 1450. The van der Waals surface area contributed by atoms with Crippen LogP contribution in [-0.4, -0.2) is 46.4 Å². The number of nitrogens with zero attached hydrogens (tertiary/aromatic N) is 4. The molecular formula is C23H25N5O5S. The third-order valence-corrected chi connectivity index (χ3v) is 7.28. The lowest BCUT2D eigenvalue weighted by Crippen LogP contribution is -2.28. The number of rotatable bonds is 6. The number of methoxy groups -OCH3 is 3. The van der Waals surface area contributed by atoms with Crippen LogP contribution in [0.5, 0.6) is 17.2 Å². The third kappa shape index (κ3) is 3.65. The van der Waals surface area contributed by atoms with Crippen LogP contribution in [0.3, 0.4) is 0 Å². The molecule has 1 aromatic carbocycles. The normalized spacial score (nSPS) is 15.4. The molecule has 0 bridgehead atoms. The van der Waals surface area contributed by atoms with Gasteiger partial charge in [-0.2, -0.15) is 0 Å². The number of carbonyl (C=O) groups is 1. The Hall–Kier alpha value is -3.60. The molecule has 11 heteroatoms. The summed E-state index contributed by atoms with van der Waals surface area (Å²) in [5.74, 6) is 1.46. The highest BCUT2D eigenvalue weighted by Crippen LogP contribution is 2.40. The summed E-state index contributed by atoms with van der Waals surface area (Å²) in [6.45, 7) is 2.00. The number of hydrogen-bond acceptors (Lipinski definition) is 8. The molecule has 1 atom stereocenters. The van der Waals surface area contributed by atoms with Crippen molar-refractivity contribution < 1.29 is 19.0 Å². The first kappa shape index (κ1) is 22.2. The van der Waals surface area contributed by atoms with Gasteiger partial charge in [-0.05, 0) is 30.7 Å². The lowest BCUT2D eigenvalue weighted by atomic mass is 9.89. The average Bonchev–Trinajstić information content (AvgIpc) is 3.34. The molecule has 178 valence electrons. The standard InChI is InChI=1S/C23H25N5O5S/c1-12-5-6-14-17(7-12)34-22-19(14)21-26-28(23(30)27(21)11-24-22)10-18(29)25-13-8-15(31-2)20(33-4)16(9-13)32-3/h8-9,11-12H,5-7,10H2,1-4H3,(H,25,29)/t12-/m1/s1. The summed E-state index contributed by atoms with van der Waals surface area (Å²) in [7, 11) is 4.50. The van der Waals surface area contributed by atoms with Crippen LogP contribution in [0.4, 0.5) is 5.69 Å². The molecule has 0 saturated heterocycles. The zero-order chi connectivity index (χ0) is 24.0. The molecule has 1 N–H and O–H groups in total. The van der Waals surface area contributed by atoms with Crippen molar-refractivity contribution in [3.63, 3.8) is 0 Å². The molecule has 5 rings (SSSR count). The van der Waals surface area contributed by atoms with Crippen molar-refractivity contribution in [2.75, 3.05) is 26.6 Å². The van der Waals surface area contributed by atoms with E-state index < -0.39 is 11.6 Å². The van der Waals surface area contributed by atoms with Gasteiger partial charge in [-0.25, -0.2) is 18.9 Å². The first-order chi connectivity index (χ1) is 16.4. The minimum absolute atomic E-state index is 0.248. The van der Waals surface area contributed by atoms with Crippen molar-refractivity contribution in [2.24, 2.45) is 5.92 Å². The van der Waals surface area contributed by atoms with Crippen molar-refractivity contribution in [1.82, 2.24) is 19.2 Å². The van der Waals surface area contributed by atoms with Crippen LogP contribution in [0.1, 0.15) is 23.8 Å². The van der Waals surface area contributed by atoms with E-state index in [1.807, 2.05) is 0 Å². The maximum Gasteiger partial charge on any atom is 0.352 e. The number of anilines is 1. The van der Waals surface area contributed by atoms with E-state index >= 15 is 0 Å². The summed E-state index contributed by atoms with van der Waals surface area (Å²) < 4.78 is 18.6. The van der Waals surface area contributed by atoms with Gasteiger partial charge in [0, 0.05) is 22.7 Å². The summed E-state index contributed by atoms with van der Waals surface area (Å²) in [5.41, 5.74) is 1.81. The topological polar surface area (TPSA) is 109 Å². The molecule has 1 amide bonds. The number of aromatic nitrogens is 4. The molecule has 34 heavy (non-hydrogen) atoms. The lowest BCUT2D eigenvalue weighted by Gasteiger charge is -2.17. The highest BCUT2D eigenvalue weighted by molar-refractivity contribution is 7.19. The SMILES string of the molecule is COc1cc(NC(=O)Cn2nc3c4c5c(sc4ncn3c2=O)C[C@H](C)CC5)cc(OC)c1OC. The van der Waals surface area contributed by atoms with E-state index in [0.29, 0.717) is 34.5 Å². The van der Waals surface area contributed by atoms with Gasteiger partial charge in [0.2, 0.25) is 11.7 Å². The number of nitrogens with one attached hydrogen (secondary N) is 1. The Kier molecular flexibility index (Phi) is 5.64. The van der Waals surface area contributed by atoms with Crippen LogP contribution in [0.25, 0.3) is 15.9 Å². The van der Waals surface area contributed by atoms with Gasteiger partial charge in [-0.1, -0.05) is 6.92 Å². The number of hydrogen-bond donors (Lipinski definition) is 1. The van der Waals surface area contributed by atoms with Crippen LogP contribution >= 0.6 is 11.3 Å². The minimum atomic E-state index is -0.412. The first-order valence-corrected chi connectivity index (χ1v) is 11.7. The molecule has 1 aliphatic carbocycles. The first-order valence-electron chi connectivity index (χ1n) is 10.9. The minimum Gasteiger partial charge on any atom is -0.493 e. The van der Waals surface area contributed by atoms with Gasteiger partial charge < -0.3 is 19.5 Å². The van der Waals surface area contributed by atoms with Crippen LogP contribution in [0.15, 0.2) is 23.3 Å². The number of thiophene rings is 1. The van der Waals surface area contributed by atoms with Crippen LogP contribution in [-0.2, 0) is 24.2 Å².